The van der Waals surface area contributed by atoms with Gasteiger partial charge in [0, 0.05) is 22.8 Å². The highest BCUT2D eigenvalue weighted by molar-refractivity contribution is 5.93. The second kappa shape index (κ2) is 8.02. The summed E-state index contributed by atoms with van der Waals surface area (Å²) >= 11 is 0. The fourth-order valence-corrected chi connectivity index (χ4v) is 4.11. The number of likely N-dealkylation sites (N-methyl/N-ethyl adjacent to an activating group) is 1. The highest BCUT2D eigenvalue weighted by Gasteiger charge is 2.30. The summed E-state index contributed by atoms with van der Waals surface area (Å²) in [6.07, 6.45) is 3.49. The van der Waals surface area contributed by atoms with Crippen LogP contribution in [0.3, 0.4) is 0 Å². The van der Waals surface area contributed by atoms with E-state index in [4.69, 9.17) is 0 Å². The molecule has 2 aromatic carbocycles. The number of amides is 2. The predicted octanol–water partition coefficient (Wildman–Crippen LogP) is 4.22. The number of carbonyl (C=O) groups excluding carboxylic acids is 1. The van der Waals surface area contributed by atoms with Crippen LogP contribution in [0.1, 0.15) is 36.6 Å². The molecular weight excluding hydrogens is 350 g/mol. The number of H-pyrrole nitrogens is 1. The monoisotopic (exact) mass is 377 g/mol. The minimum atomic E-state index is -0.187. The zero-order chi connectivity index (χ0) is 19.5. The minimum Gasteiger partial charge on any atom is -0.329 e. The molecule has 0 radical (unpaired) electrons. The molecule has 2 atom stereocenters. The first-order chi connectivity index (χ1) is 13.6. The molecule has 0 spiro atoms. The van der Waals surface area contributed by atoms with Crippen molar-refractivity contribution in [3.63, 3.8) is 0 Å². The molecule has 1 saturated heterocycles. The molecule has 3 aromatic rings. The van der Waals surface area contributed by atoms with Crippen molar-refractivity contribution in [1.29, 1.82) is 0 Å². The van der Waals surface area contributed by atoms with Crippen molar-refractivity contribution >= 4 is 22.6 Å². The maximum atomic E-state index is 12.8. The Morgan fingerprint density at radius 2 is 2.04 bits per heavy atom. The molecule has 2 unspecified atom stereocenters. The third-order valence-electron chi connectivity index (χ3n) is 5.66. The highest BCUT2D eigenvalue weighted by Crippen LogP contribution is 2.28. The van der Waals surface area contributed by atoms with E-state index in [1.807, 2.05) is 43.3 Å². The Kier molecular flexibility index (Phi) is 5.30. The lowest BCUT2D eigenvalue weighted by Crippen LogP contribution is -2.47. The zero-order valence-corrected chi connectivity index (χ0v) is 16.4. The SMILES string of the molecule is Cc1[nH]nc2ccc(NC(=O)NC(c3ccccc3)C3CCCCN3C)cc12. The van der Waals surface area contributed by atoms with E-state index in [2.05, 4.69) is 44.9 Å². The first-order valence-electron chi connectivity index (χ1n) is 9.89. The average molecular weight is 377 g/mol. The Morgan fingerprint density at radius 1 is 1.21 bits per heavy atom. The standard InChI is InChI=1S/C22H27N5O/c1-15-18-14-17(11-12-19(18)26-25-15)23-22(28)24-21(16-8-4-3-5-9-16)20-10-6-7-13-27(20)2/h3-5,8-9,11-12,14,20-21H,6-7,10,13H2,1-2H3,(H,25,26)(H2,23,24,28). The number of hydrogen-bond donors (Lipinski definition) is 3. The van der Waals surface area contributed by atoms with Gasteiger partial charge in [0.25, 0.3) is 0 Å². The zero-order valence-electron chi connectivity index (χ0n) is 16.4. The number of likely N-dealkylation sites (tertiary alicyclic amines) is 1. The number of nitrogens with zero attached hydrogens (tertiary/aromatic N) is 2. The molecule has 28 heavy (non-hydrogen) atoms. The van der Waals surface area contributed by atoms with Crippen LogP contribution in [0.25, 0.3) is 10.9 Å². The number of benzene rings is 2. The summed E-state index contributed by atoms with van der Waals surface area (Å²) in [4.78, 5) is 15.2. The topological polar surface area (TPSA) is 73.0 Å². The van der Waals surface area contributed by atoms with E-state index in [-0.39, 0.29) is 12.1 Å². The molecule has 6 nitrogen and oxygen atoms in total. The minimum absolute atomic E-state index is 0.0501. The maximum Gasteiger partial charge on any atom is 0.319 e. The molecule has 2 heterocycles. The van der Waals surface area contributed by atoms with Crippen molar-refractivity contribution in [3.8, 4) is 0 Å². The van der Waals surface area contributed by atoms with Crippen molar-refractivity contribution in [2.45, 2.75) is 38.3 Å². The first-order valence-corrected chi connectivity index (χ1v) is 9.89. The number of hydrogen-bond acceptors (Lipinski definition) is 3. The third kappa shape index (κ3) is 3.87. The molecule has 1 aliphatic rings. The number of urea groups is 1. The van der Waals surface area contributed by atoms with Crippen LogP contribution < -0.4 is 10.6 Å². The smallest absolute Gasteiger partial charge is 0.319 e. The largest absolute Gasteiger partial charge is 0.329 e. The molecule has 1 aromatic heterocycles. The van der Waals surface area contributed by atoms with Gasteiger partial charge in [-0.15, -0.1) is 0 Å². The number of carbonyl (C=O) groups is 1. The number of piperidine rings is 1. The molecule has 2 amide bonds. The van der Waals surface area contributed by atoms with Gasteiger partial charge in [-0.2, -0.15) is 5.10 Å². The van der Waals surface area contributed by atoms with Gasteiger partial charge in [0.05, 0.1) is 11.6 Å². The van der Waals surface area contributed by atoms with Gasteiger partial charge in [-0.3, -0.25) is 5.10 Å². The van der Waals surface area contributed by atoms with Crippen LogP contribution in [-0.2, 0) is 0 Å². The summed E-state index contributed by atoms with van der Waals surface area (Å²) in [6.45, 7) is 3.04. The lowest BCUT2D eigenvalue weighted by atomic mass is 9.91. The van der Waals surface area contributed by atoms with Gasteiger partial charge in [-0.25, -0.2) is 4.79 Å². The van der Waals surface area contributed by atoms with Crippen molar-refractivity contribution in [3.05, 3.63) is 59.8 Å². The van der Waals surface area contributed by atoms with Crippen LogP contribution >= 0.6 is 0 Å². The number of fused-ring (bicyclic) bond motifs is 1. The quantitative estimate of drug-likeness (QED) is 0.637. The number of aromatic amines is 1. The van der Waals surface area contributed by atoms with E-state index in [9.17, 15) is 4.79 Å². The molecule has 3 N–H and O–H groups in total. The fraction of sp³-hybridized carbons (Fsp3) is 0.364. The fourth-order valence-electron chi connectivity index (χ4n) is 4.11. The van der Waals surface area contributed by atoms with E-state index < -0.39 is 0 Å². The number of aromatic nitrogens is 2. The Bertz CT molecular complexity index is 952. The summed E-state index contributed by atoms with van der Waals surface area (Å²) in [5, 5.41) is 14.4. The molecule has 1 fully saturated rings. The summed E-state index contributed by atoms with van der Waals surface area (Å²) in [5.41, 5.74) is 3.79. The number of anilines is 1. The normalized spacial score (nSPS) is 18.7. The molecule has 0 saturated carbocycles. The summed E-state index contributed by atoms with van der Waals surface area (Å²) in [6, 6.07) is 16.1. The molecule has 6 heteroatoms. The Balaban J connectivity index is 1.53. The van der Waals surface area contributed by atoms with Crippen LogP contribution in [0.2, 0.25) is 0 Å². The number of nitrogens with one attached hydrogen (secondary N) is 3. The maximum absolute atomic E-state index is 12.8. The van der Waals surface area contributed by atoms with Crippen LogP contribution in [-0.4, -0.2) is 40.8 Å². The lowest BCUT2D eigenvalue weighted by Gasteiger charge is -2.38. The average Bonchev–Trinajstić information content (AvgIpc) is 3.08. The van der Waals surface area contributed by atoms with Crippen molar-refractivity contribution in [1.82, 2.24) is 20.4 Å². The molecule has 0 bridgehead atoms. The number of aryl methyl sites for hydroxylation is 1. The van der Waals surface area contributed by atoms with Crippen LogP contribution in [0, 0.1) is 6.92 Å². The van der Waals surface area contributed by atoms with Gasteiger partial charge in [-0.1, -0.05) is 36.8 Å². The first kappa shape index (κ1) is 18.5. The van der Waals surface area contributed by atoms with E-state index in [1.54, 1.807) is 0 Å². The summed E-state index contributed by atoms with van der Waals surface area (Å²) in [5.74, 6) is 0. The Hall–Kier alpha value is -2.86. The van der Waals surface area contributed by atoms with E-state index in [0.29, 0.717) is 6.04 Å². The third-order valence-corrected chi connectivity index (χ3v) is 5.66. The molecular formula is C22H27N5O. The molecule has 0 aliphatic carbocycles. The molecule has 4 rings (SSSR count). The summed E-state index contributed by atoms with van der Waals surface area (Å²) < 4.78 is 0. The van der Waals surface area contributed by atoms with Gasteiger partial charge in [-0.05, 0) is 57.1 Å². The van der Waals surface area contributed by atoms with Crippen molar-refractivity contribution < 1.29 is 4.79 Å². The van der Waals surface area contributed by atoms with Gasteiger partial charge in [0.2, 0.25) is 0 Å². The highest BCUT2D eigenvalue weighted by atomic mass is 16.2. The van der Waals surface area contributed by atoms with E-state index in [1.165, 1.54) is 12.8 Å². The van der Waals surface area contributed by atoms with Crippen LogP contribution in [0.4, 0.5) is 10.5 Å². The second-order valence-electron chi connectivity index (χ2n) is 7.61. The van der Waals surface area contributed by atoms with Crippen molar-refractivity contribution in [2.24, 2.45) is 0 Å². The molecule has 146 valence electrons. The van der Waals surface area contributed by atoms with Gasteiger partial charge in [0.15, 0.2) is 0 Å². The van der Waals surface area contributed by atoms with Gasteiger partial charge in [0.1, 0.15) is 0 Å². The number of rotatable bonds is 4. The Morgan fingerprint density at radius 3 is 2.82 bits per heavy atom. The van der Waals surface area contributed by atoms with Crippen LogP contribution in [0.5, 0.6) is 0 Å². The predicted molar refractivity (Wildman–Crippen MR) is 112 cm³/mol. The van der Waals surface area contributed by atoms with Crippen LogP contribution in [0.15, 0.2) is 48.5 Å². The lowest BCUT2D eigenvalue weighted by molar-refractivity contribution is 0.147. The van der Waals surface area contributed by atoms with Gasteiger partial charge >= 0.3 is 6.03 Å². The molecule has 1 aliphatic heterocycles. The second-order valence-corrected chi connectivity index (χ2v) is 7.61. The van der Waals surface area contributed by atoms with Gasteiger partial charge < -0.3 is 15.5 Å². The van der Waals surface area contributed by atoms with E-state index >= 15 is 0 Å². The van der Waals surface area contributed by atoms with E-state index in [0.717, 1.165) is 40.8 Å². The Labute approximate surface area is 165 Å². The summed E-state index contributed by atoms with van der Waals surface area (Å²) in [7, 11) is 2.15. The van der Waals surface area contributed by atoms with Crippen molar-refractivity contribution in [2.75, 3.05) is 18.9 Å².